The maximum atomic E-state index is 12.2. The zero-order valence-electron chi connectivity index (χ0n) is 16.6. The minimum atomic E-state index is -0.330. The van der Waals surface area contributed by atoms with Crippen molar-refractivity contribution in [3.63, 3.8) is 0 Å². The minimum absolute atomic E-state index is 0.142. The van der Waals surface area contributed by atoms with E-state index in [-0.39, 0.29) is 30.2 Å². The zero-order valence-corrected chi connectivity index (χ0v) is 17.3. The van der Waals surface area contributed by atoms with Crippen LogP contribution in [0.3, 0.4) is 0 Å². The average molecular weight is 429 g/mol. The summed E-state index contributed by atoms with van der Waals surface area (Å²) in [6.45, 7) is 2.51. The highest BCUT2D eigenvalue weighted by molar-refractivity contribution is 6.34. The molecular formula is C21H21ClN4O4. The van der Waals surface area contributed by atoms with Gasteiger partial charge in [0.25, 0.3) is 5.91 Å². The Morgan fingerprint density at radius 3 is 2.63 bits per heavy atom. The fourth-order valence-corrected chi connectivity index (χ4v) is 2.90. The van der Waals surface area contributed by atoms with Gasteiger partial charge >= 0.3 is 0 Å². The highest BCUT2D eigenvalue weighted by Gasteiger charge is 2.13. The number of carbonyl (C=O) groups is 2. The molecule has 0 fully saturated rings. The predicted molar refractivity (Wildman–Crippen MR) is 113 cm³/mol. The smallest absolute Gasteiger partial charge is 0.252 e. The van der Waals surface area contributed by atoms with E-state index in [1.807, 2.05) is 31.2 Å². The van der Waals surface area contributed by atoms with E-state index < -0.39 is 0 Å². The van der Waals surface area contributed by atoms with E-state index in [0.717, 1.165) is 11.3 Å². The van der Waals surface area contributed by atoms with Crippen LogP contribution in [0.4, 0.5) is 5.69 Å². The van der Waals surface area contributed by atoms with E-state index in [4.69, 9.17) is 20.9 Å². The van der Waals surface area contributed by atoms with Crippen molar-refractivity contribution >= 4 is 29.1 Å². The SMILES string of the molecule is CCOc1ccc(-c2noc(CCC(=O)Nc3ccc(Cl)c(C(=O)NC)c3)n2)cc1. The molecule has 1 heterocycles. The Morgan fingerprint density at radius 2 is 1.93 bits per heavy atom. The van der Waals surface area contributed by atoms with Crippen LogP contribution in [0.1, 0.15) is 29.6 Å². The highest BCUT2D eigenvalue weighted by atomic mass is 35.5. The number of nitrogens with one attached hydrogen (secondary N) is 2. The predicted octanol–water partition coefficient (Wildman–Crippen LogP) is 3.72. The van der Waals surface area contributed by atoms with Crippen molar-refractivity contribution in [3.8, 4) is 17.1 Å². The van der Waals surface area contributed by atoms with Gasteiger partial charge in [-0.3, -0.25) is 9.59 Å². The summed E-state index contributed by atoms with van der Waals surface area (Å²) in [6.07, 6.45) is 0.425. The summed E-state index contributed by atoms with van der Waals surface area (Å²) in [5, 5.41) is 9.50. The number of hydrogen-bond acceptors (Lipinski definition) is 6. The monoisotopic (exact) mass is 428 g/mol. The van der Waals surface area contributed by atoms with Gasteiger partial charge in [0.15, 0.2) is 0 Å². The van der Waals surface area contributed by atoms with Crippen LogP contribution in [0.25, 0.3) is 11.4 Å². The third kappa shape index (κ3) is 5.36. The molecule has 0 unspecified atom stereocenters. The van der Waals surface area contributed by atoms with Gasteiger partial charge in [0.1, 0.15) is 5.75 Å². The molecule has 9 heteroatoms. The Labute approximate surface area is 178 Å². The number of hydrogen-bond donors (Lipinski definition) is 2. The summed E-state index contributed by atoms with van der Waals surface area (Å²) < 4.78 is 10.6. The van der Waals surface area contributed by atoms with Crippen molar-refractivity contribution in [2.24, 2.45) is 0 Å². The van der Waals surface area contributed by atoms with Crippen LogP contribution in [-0.4, -0.2) is 35.6 Å². The van der Waals surface area contributed by atoms with Crippen LogP contribution in [0.15, 0.2) is 47.0 Å². The third-order valence-electron chi connectivity index (χ3n) is 4.18. The van der Waals surface area contributed by atoms with Crippen LogP contribution in [0.5, 0.6) is 5.75 Å². The highest BCUT2D eigenvalue weighted by Crippen LogP contribution is 2.22. The number of carbonyl (C=O) groups excluding carboxylic acids is 2. The molecule has 0 aliphatic carbocycles. The van der Waals surface area contributed by atoms with E-state index >= 15 is 0 Å². The number of ether oxygens (including phenoxy) is 1. The lowest BCUT2D eigenvalue weighted by molar-refractivity contribution is -0.116. The Morgan fingerprint density at radius 1 is 1.17 bits per heavy atom. The van der Waals surface area contributed by atoms with Crippen molar-refractivity contribution in [2.45, 2.75) is 19.8 Å². The Bertz CT molecular complexity index is 1030. The summed E-state index contributed by atoms with van der Waals surface area (Å²) in [7, 11) is 1.51. The molecule has 1 aromatic heterocycles. The second kappa shape index (κ2) is 9.89. The van der Waals surface area contributed by atoms with Crippen LogP contribution in [0, 0.1) is 0 Å². The molecule has 0 saturated carbocycles. The summed E-state index contributed by atoms with van der Waals surface area (Å²) in [5.41, 5.74) is 1.55. The second-order valence-electron chi connectivity index (χ2n) is 6.29. The van der Waals surface area contributed by atoms with E-state index in [2.05, 4.69) is 20.8 Å². The lowest BCUT2D eigenvalue weighted by atomic mass is 10.1. The van der Waals surface area contributed by atoms with E-state index in [9.17, 15) is 9.59 Å². The standard InChI is InChI=1S/C21H21ClN4O4/c1-3-29-15-7-4-13(5-8-15)20-25-19(30-26-20)11-10-18(27)24-14-6-9-17(22)16(12-14)21(28)23-2/h4-9,12H,3,10-11H2,1-2H3,(H,23,28)(H,24,27). The van der Waals surface area contributed by atoms with Gasteiger partial charge in [-0.15, -0.1) is 0 Å². The van der Waals surface area contributed by atoms with E-state index in [0.29, 0.717) is 29.0 Å². The Kier molecular flexibility index (Phi) is 7.03. The molecule has 0 radical (unpaired) electrons. The molecule has 2 amide bonds. The van der Waals surface area contributed by atoms with E-state index in [1.54, 1.807) is 12.1 Å². The molecule has 3 aromatic rings. The molecular weight excluding hydrogens is 408 g/mol. The molecule has 156 valence electrons. The van der Waals surface area contributed by atoms with Crippen LogP contribution in [-0.2, 0) is 11.2 Å². The van der Waals surface area contributed by atoms with Gasteiger partial charge in [-0.05, 0) is 49.4 Å². The summed E-state index contributed by atoms with van der Waals surface area (Å²) in [4.78, 5) is 28.4. The number of nitrogens with zero attached hydrogens (tertiary/aromatic N) is 2. The lowest BCUT2D eigenvalue weighted by Crippen LogP contribution is -2.19. The fraction of sp³-hybridized carbons (Fsp3) is 0.238. The van der Waals surface area contributed by atoms with Gasteiger partial charge in [0, 0.05) is 31.1 Å². The van der Waals surface area contributed by atoms with Crippen molar-refractivity contribution < 1.29 is 18.8 Å². The molecule has 0 aliphatic heterocycles. The number of rotatable bonds is 8. The van der Waals surface area contributed by atoms with Crippen molar-refractivity contribution in [3.05, 3.63) is 58.9 Å². The first-order valence-electron chi connectivity index (χ1n) is 9.37. The molecule has 0 bridgehead atoms. The number of aryl methyl sites for hydroxylation is 1. The first kappa shape index (κ1) is 21.3. The topological polar surface area (TPSA) is 106 Å². The summed E-state index contributed by atoms with van der Waals surface area (Å²) >= 11 is 6.02. The molecule has 0 saturated heterocycles. The lowest BCUT2D eigenvalue weighted by Gasteiger charge is -2.08. The van der Waals surface area contributed by atoms with Gasteiger partial charge in [0.2, 0.25) is 17.6 Å². The van der Waals surface area contributed by atoms with Gasteiger partial charge in [-0.2, -0.15) is 4.98 Å². The first-order valence-corrected chi connectivity index (χ1v) is 9.75. The number of amides is 2. The quantitative estimate of drug-likeness (QED) is 0.566. The number of aromatic nitrogens is 2. The fourth-order valence-electron chi connectivity index (χ4n) is 2.70. The molecule has 30 heavy (non-hydrogen) atoms. The minimum Gasteiger partial charge on any atom is -0.494 e. The largest absolute Gasteiger partial charge is 0.494 e. The van der Waals surface area contributed by atoms with Crippen LogP contribution < -0.4 is 15.4 Å². The van der Waals surface area contributed by atoms with E-state index in [1.165, 1.54) is 13.1 Å². The van der Waals surface area contributed by atoms with Gasteiger partial charge in [-0.25, -0.2) is 0 Å². The normalized spacial score (nSPS) is 10.5. The Balaban J connectivity index is 1.57. The summed E-state index contributed by atoms with van der Waals surface area (Å²) in [6, 6.07) is 12.1. The third-order valence-corrected chi connectivity index (χ3v) is 4.51. The number of anilines is 1. The van der Waals surface area contributed by atoms with Gasteiger partial charge in [0.05, 0.1) is 17.2 Å². The molecule has 0 aliphatic rings. The van der Waals surface area contributed by atoms with Crippen molar-refractivity contribution in [2.75, 3.05) is 19.0 Å². The molecule has 0 spiro atoms. The summed E-state index contributed by atoms with van der Waals surface area (Å²) in [5.74, 6) is 0.991. The van der Waals surface area contributed by atoms with Crippen LogP contribution in [0.2, 0.25) is 5.02 Å². The molecule has 8 nitrogen and oxygen atoms in total. The molecule has 3 rings (SSSR count). The van der Waals surface area contributed by atoms with Crippen LogP contribution >= 0.6 is 11.6 Å². The average Bonchev–Trinajstić information content (AvgIpc) is 3.23. The first-order chi connectivity index (χ1) is 14.5. The molecule has 2 N–H and O–H groups in total. The Hall–Kier alpha value is -3.39. The van der Waals surface area contributed by atoms with Gasteiger partial charge in [-0.1, -0.05) is 16.8 Å². The molecule has 0 atom stereocenters. The zero-order chi connectivity index (χ0) is 21.5. The van der Waals surface area contributed by atoms with Crippen molar-refractivity contribution in [1.82, 2.24) is 15.5 Å². The second-order valence-corrected chi connectivity index (χ2v) is 6.70. The maximum Gasteiger partial charge on any atom is 0.252 e. The maximum absolute atomic E-state index is 12.2. The van der Waals surface area contributed by atoms with Gasteiger partial charge < -0.3 is 19.9 Å². The number of halogens is 1. The molecule has 2 aromatic carbocycles. The number of benzene rings is 2. The van der Waals surface area contributed by atoms with Crippen molar-refractivity contribution in [1.29, 1.82) is 0 Å².